The van der Waals surface area contributed by atoms with Gasteiger partial charge in [0.05, 0.1) is 24.3 Å². The molecule has 1 aromatic heterocycles. The molecule has 3 rings (SSSR count). The van der Waals surface area contributed by atoms with E-state index in [-0.39, 0.29) is 43.0 Å². The van der Waals surface area contributed by atoms with Gasteiger partial charge in [-0.2, -0.15) is 0 Å². The lowest BCUT2D eigenvalue weighted by molar-refractivity contribution is -0.138. The van der Waals surface area contributed by atoms with E-state index in [1.807, 2.05) is 6.07 Å². The minimum absolute atomic E-state index is 0.108. The van der Waals surface area contributed by atoms with Crippen LogP contribution in [0.25, 0.3) is 0 Å². The highest BCUT2D eigenvalue weighted by molar-refractivity contribution is 8.00. The Labute approximate surface area is 212 Å². The molecule has 10 heteroatoms. The number of carbonyl (C=O) groups is 4. The third kappa shape index (κ3) is 8.10. The van der Waals surface area contributed by atoms with Crippen LogP contribution in [0, 0.1) is 0 Å². The maximum Gasteiger partial charge on any atom is 0.341 e. The van der Waals surface area contributed by atoms with Crippen LogP contribution < -0.4 is 10.6 Å². The van der Waals surface area contributed by atoms with Crippen molar-refractivity contribution in [2.24, 2.45) is 0 Å². The van der Waals surface area contributed by atoms with Crippen LogP contribution in [0.1, 0.15) is 66.2 Å². The fraction of sp³-hybridized carbons (Fsp3) is 0.440. The zero-order valence-electron chi connectivity index (χ0n) is 19.7. The summed E-state index contributed by atoms with van der Waals surface area (Å²) in [5.74, 6) is -1.90. The Hall–Kier alpha value is -2.85. The summed E-state index contributed by atoms with van der Waals surface area (Å²) in [5, 5.41) is 14.9. The molecule has 0 saturated heterocycles. The van der Waals surface area contributed by atoms with Crippen LogP contribution in [0.2, 0.25) is 0 Å². The van der Waals surface area contributed by atoms with Crippen molar-refractivity contribution in [2.75, 3.05) is 23.0 Å². The van der Waals surface area contributed by atoms with Crippen molar-refractivity contribution in [3.8, 4) is 0 Å². The molecule has 0 spiro atoms. The molecule has 188 valence electrons. The molecule has 8 nitrogen and oxygen atoms in total. The Bertz CT molecular complexity index is 1080. The van der Waals surface area contributed by atoms with Crippen LogP contribution in [0.5, 0.6) is 0 Å². The van der Waals surface area contributed by atoms with Gasteiger partial charge in [0.2, 0.25) is 11.8 Å². The Morgan fingerprint density at radius 2 is 1.80 bits per heavy atom. The summed E-state index contributed by atoms with van der Waals surface area (Å²) in [7, 11) is 0. The van der Waals surface area contributed by atoms with E-state index >= 15 is 0 Å². The highest BCUT2D eigenvalue weighted by atomic mass is 32.2. The third-order valence-electron chi connectivity index (χ3n) is 5.46. The van der Waals surface area contributed by atoms with E-state index in [2.05, 4.69) is 10.6 Å². The number of hydrogen-bond donors (Lipinski definition) is 3. The minimum Gasteiger partial charge on any atom is -0.481 e. The predicted molar refractivity (Wildman–Crippen MR) is 137 cm³/mol. The molecule has 1 aliphatic carbocycles. The van der Waals surface area contributed by atoms with Crippen LogP contribution in [0.3, 0.4) is 0 Å². The van der Waals surface area contributed by atoms with Crippen molar-refractivity contribution in [2.45, 2.75) is 63.2 Å². The van der Waals surface area contributed by atoms with Crippen LogP contribution in [-0.4, -0.2) is 41.2 Å². The first kappa shape index (κ1) is 26.7. The molecule has 2 aromatic rings. The standard InChI is InChI=1S/C25H30N2O6S2/c1-2-33-25(32)23-18-10-5-3-4-6-11-19(18)35-24(23)27-21(29)15-34-17-9-7-8-16(14-17)26-20(28)12-13-22(30)31/h7-9,14H,2-6,10-13,15H2,1H3,(H,26,28)(H,27,29)(H,30,31). The van der Waals surface area contributed by atoms with E-state index in [0.717, 1.165) is 47.4 Å². The molecule has 1 heterocycles. The molecule has 2 amide bonds. The Balaban J connectivity index is 1.64. The number of ether oxygens (including phenoxy) is 1. The smallest absolute Gasteiger partial charge is 0.341 e. The molecule has 0 aliphatic heterocycles. The minimum atomic E-state index is -1.03. The van der Waals surface area contributed by atoms with Crippen molar-refractivity contribution < 1.29 is 29.0 Å². The second kappa shape index (κ2) is 13.3. The number of benzene rings is 1. The number of amides is 2. The maximum atomic E-state index is 12.8. The van der Waals surface area contributed by atoms with Gasteiger partial charge in [0.1, 0.15) is 5.00 Å². The largest absolute Gasteiger partial charge is 0.481 e. The number of aryl methyl sites for hydroxylation is 1. The number of hydrogen-bond acceptors (Lipinski definition) is 7. The SMILES string of the molecule is CCOC(=O)c1c(NC(=O)CSc2cccc(NC(=O)CCC(=O)O)c2)sc2c1CCCCCC2. The Morgan fingerprint density at radius 1 is 1.03 bits per heavy atom. The summed E-state index contributed by atoms with van der Waals surface area (Å²) >= 11 is 2.78. The number of carboxylic acid groups (broad SMARTS) is 1. The number of carboxylic acids is 1. The van der Waals surface area contributed by atoms with Gasteiger partial charge in [-0.25, -0.2) is 4.79 Å². The quantitative estimate of drug-likeness (QED) is 0.295. The fourth-order valence-electron chi connectivity index (χ4n) is 3.85. The van der Waals surface area contributed by atoms with Gasteiger partial charge in [0.25, 0.3) is 0 Å². The van der Waals surface area contributed by atoms with Gasteiger partial charge in [-0.1, -0.05) is 18.9 Å². The summed E-state index contributed by atoms with van der Waals surface area (Å²) in [6.07, 6.45) is 5.77. The average Bonchev–Trinajstić information content (AvgIpc) is 3.12. The lowest BCUT2D eigenvalue weighted by Crippen LogP contribution is -2.17. The molecular formula is C25H30N2O6S2. The van der Waals surface area contributed by atoms with Crippen molar-refractivity contribution >= 4 is 57.5 Å². The van der Waals surface area contributed by atoms with Gasteiger partial charge in [0.15, 0.2) is 0 Å². The molecule has 3 N–H and O–H groups in total. The van der Waals surface area contributed by atoms with E-state index in [1.165, 1.54) is 29.5 Å². The molecule has 1 aliphatic rings. The zero-order valence-corrected chi connectivity index (χ0v) is 21.3. The van der Waals surface area contributed by atoms with Gasteiger partial charge in [-0.05, 0) is 56.4 Å². The van der Waals surface area contributed by atoms with Crippen LogP contribution in [0.15, 0.2) is 29.2 Å². The maximum absolute atomic E-state index is 12.8. The number of thiophene rings is 1. The Kier molecular flexibility index (Phi) is 10.2. The highest BCUT2D eigenvalue weighted by Crippen LogP contribution is 2.37. The second-order valence-electron chi connectivity index (χ2n) is 8.15. The number of anilines is 2. The molecule has 0 unspecified atom stereocenters. The summed E-state index contributed by atoms with van der Waals surface area (Å²) in [4.78, 5) is 49.9. The molecular weight excluding hydrogens is 488 g/mol. The molecule has 0 fully saturated rings. The van der Waals surface area contributed by atoms with Gasteiger partial charge >= 0.3 is 11.9 Å². The topological polar surface area (TPSA) is 122 Å². The highest BCUT2D eigenvalue weighted by Gasteiger charge is 2.26. The van der Waals surface area contributed by atoms with Gasteiger partial charge < -0.3 is 20.5 Å². The third-order valence-corrected chi connectivity index (χ3v) is 7.66. The summed E-state index contributed by atoms with van der Waals surface area (Å²) < 4.78 is 5.30. The van der Waals surface area contributed by atoms with Gasteiger partial charge in [-0.15, -0.1) is 23.1 Å². The lowest BCUT2D eigenvalue weighted by atomic mass is 9.96. The van der Waals surface area contributed by atoms with Crippen molar-refractivity contribution in [1.82, 2.24) is 0 Å². The van der Waals surface area contributed by atoms with Crippen molar-refractivity contribution in [1.29, 1.82) is 0 Å². The second-order valence-corrected chi connectivity index (χ2v) is 10.3. The van der Waals surface area contributed by atoms with Crippen molar-refractivity contribution in [3.05, 3.63) is 40.3 Å². The van der Waals surface area contributed by atoms with Gasteiger partial charge in [-0.3, -0.25) is 14.4 Å². The van der Waals surface area contributed by atoms with Crippen LogP contribution in [-0.2, 0) is 32.0 Å². The van der Waals surface area contributed by atoms with Crippen molar-refractivity contribution in [3.63, 3.8) is 0 Å². The Morgan fingerprint density at radius 3 is 2.54 bits per heavy atom. The lowest BCUT2D eigenvalue weighted by Gasteiger charge is -2.11. The number of esters is 1. The first-order valence-electron chi connectivity index (χ1n) is 11.7. The monoisotopic (exact) mass is 518 g/mol. The van der Waals surface area contributed by atoms with E-state index < -0.39 is 5.97 Å². The first-order valence-corrected chi connectivity index (χ1v) is 13.5. The molecule has 35 heavy (non-hydrogen) atoms. The predicted octanol–water partition coefficient (Wildman–Crippen LogP) is 5.12. The van der Waals surface area contributed by atoms with Crippen LogP contribution >= 0.6 is 23.1 Å². The number of nitrogens with one attached hydrogen (secondary N) is 2. The molecule has 0 saturated carbocycles. The van der Waals surface area contributed by atoms with Gasteiger partial charge in [0, 0.05) is 21.9 Å². The zero-order chi connectivity index (χ0) is 25.2. The number of rotatable bonds is 10. The number of fused-ring (bicyclic) bond motifs is 1. The number of thioether (sulfide) groups is 1. The molecule has 1 aromatic carbocycles. The summed E-state index contributed by atoms with van der Waals surface area (Å²) in [5.41, 5.74) is 2.05. The van der Waals surface area contributed by atoms with E-state index in [4.69, 9.17) is 9.84 Å². The fourth-order valence-corrected chi connectivity index (χ4v) is 5.89. The molecule has 0 bridgehead atoms. The number of aliphatic carboxylic acids is 1. The number of carbonyl (C=O) groups excluding carboxylic acids is 3. The first-order chi connectivity index (χ1) is 16.9. The van der Waals surface area contributed by atoms with E-state index in [9.17, 15) is 19.2 Å². The normalized spacial score (nSPS) is 13.2. The molecule has 0 atom stereocenters. The summed E-state index contributed by atoms with van der Waals surface area (Å²) in [6, 6.07) is 7.02. The van der Waals surface area contributed by atoms with E-state index in [1.54, 1.807) is 25.1 Å². The van der Waals surface area contributed by atoms with Crippen LogP contribution in [0.4, 0.5) is 10.7 Å². The van der Waals surface area contributed by atoms with E-state index in [0.29, 0.717) is 16.3 Å². The average molecular weight is 519 g/mol. The summed E-state index contributed by atoms with van der Waals surface area (Å²) in [6.45, 7) is 2.04. The molecule has 0 radical (unpaired) electrons.